The van der Waals surface area contributed by atoms with Crippen LogP contribution in [0, 0.1) is 6.92 Å². The number of anilines is 1. The Kier molecular flexibility index (Phi) is 4.70. The van der Waals surface area contributed by atoms with Crippen LogP contribution in [0.2, 0.25) is 0 Å². The van der Waals surface area contributed by atoms with Gasteiger partial charge in [-0.3, -0.25) is 20.4 Å². The number of nitrogen functional groups attached to an aromatic ring is 1. The summed E-state index contributed by atoms with van der Waals surface area (Å²) in [7, 11) is 0. The summed E-state index contributed by atoms with van der Waals surface area (Å²) in [5.74, 6) is -0.209. The third-order valence-electron chi connectivity index (χ3n) is 1.56. The molecule has 4 N–H and O–H groups in total. The molecule has 1 aromatic rings. The number of thioether (sulfide) groups is 1. The standard InChI is InChI=1S/C9H13N5O2S/c1-5-3-7(10)12-9(11-5)17-4-8(16)14-13-6(2)15/h3H,4H2,1-2H3,(H,13,15)(H,14,16)(H2,10,11,12). The molecule has 0 atom stereocenters. The maximum Gasteiger partial charge on any atom is 0.248 e. The summed E-state index contributed by atoms with van der Waals surface area (Å²) in [6.45, 7) is 3.09. The number of nitrogens with one attached hydrogen (secondary N) is 2. The van der Waals surface area contributed by atoms with Crippen molar-refractivity contribution in [3.05, 3.63) is 11.8 Å². The van der Waals surface area contributed by atoms with Crippen LogP contribution in [-0.2, 0) is 9.59 Å². The van der Waals surface area contributed by atoms with Crippen LogP contribution < -0.4 is 16.6 Å². The van der Waals surface area contributed by atoms with Gasteiger partial charge in [0.25, 0.3) is 0 Å². The second kappa shape index (κ2) is 6.04. The number of aryl methyl sites for hydroxylation is 1. The molecule has 0 aliphatic rings. The van der Waals surface area contributed by atoms with Gasteiger partial charge in [0.05, 0.1) is 5.75 Å². The number of aromatic nitrogens is 2. The molecule has 0 spiro atoms. The van der Waals surface area contributed by atoms with E-state index < -0.39 is 0 Å². The zero-order valence-electron chi connectivity index (χ0n) is 9.48. The van der Waals surface area contributed by atoms with Crippen LogP contribution in [0.3, 0.4) is 0 Å². The van der Waals surface area contributed by atoms with Gasteiger partial charge in [-0.05, 0) is 6.92 Å². The maximum atomic E-state index is 11.3. The summed E-state index contributed by atoms with van der Waals surface area (Å²) >= 11 is 1.14. The van der Waals surface area contributed by atoms with E-state index in [0.29, 0.717) is 11.0 Å². The first-order valence-electron chi connectivity index (χ1n) is 4.77. The Labute approximate surface area is 103 Å². The lowest BCUT2D eigenvalue weighted by Gasteiger charge is -2.04. The zero-order valence-corrected chi connectivity index (χ0v) is 10.3. The quantitative estimate of drug-likeness (QED) is 0.386. The normalized spacial score (nSPS) is 9.76. The molecule has 0 fully saturated rings. The Balaban J connectivity index is 2.44. The van der Waals surface area contributed by atoms with Gasteiger partial charge in [0.2, 0.25) is 11.8 Å². The molecule has 0 aliphatic heterocycles. The summed E-state index contributed by atoms with van der Waals surface area (Å²) in [5.41, 5.74) is 10.7. The molecule has 1 aromatic heterocycles. The molecule has 0 aromatic carbocycles. The van der Waals surface area contributed by atoms with Crippen LogP contribution in [0.1, 0.15) is 12.6 Å². The van der Waals surface area contributed by atoms with Gasteiger partial charge in [0.1, 0.15) is 5.82 Å². The number of nitrogens with zero attached hydrogens (tertiary/aromatic N) is 2. The van der Waals surface area contributed by atoms with Crippen molar-refractivity contribution in [2.45, 2.75) is 19.0 Å². The Morgan fingerprint density at radius 3 is 2.71 bits per heavy atom. The number of rotatable bonds is 3. The Bertz CT molecular complexity index is 417. The molecule has 8 heteroatoms. The molecule has 2 amide bonds. The molecule has 0 saturated carbocycles. The van der Waals surface area contributed by atoms with Crippen LogP contribution in [-0.4, -0.2) is 27.5 Å². The molecule has 1 heterocycles. The number of amides is 2. The number of nitrogens with two attached hydrogens (primary N) is 1. The van der Waals surface area contributed by atoms with Crippen molar-refractivity contribution in [1.29, 1.82) is 0 Å². The summed E-state index contributed by atoms with van der Waals surface area (Å²) < 4.78 is 0. The summed E-state index contributed by atoms with van der Waals surface area (Å²) in [4.78, 5) is 29.9. The van der Waals surface area contributed by atoms with Crippen molar-refractivity contribution in [1.82, 2.24) is 20.8 Å². The lowest BCUT2D eigenvalue weighted by atomic mass is 10.4. The second-order valence-corrected chi connectivity index (χ2v) is 4.18. The molecule has 92 valence electrons. The lowest BCUT2D eigenvalue weighted by molar-refractivity contribution is -0.126. The van der Waals surface area contributed by atoms with Gasteiger partial charge in [-0.15, -0.1) is 0 Å². The number of carbonyl (C=O) groups excluding carboxylic acids is 2. The van der Waals surface area contributed by atoms with Crippen molar-refractivity contribution in [3.63, 3.8) is 0 Å². The fraction of sp³-hybridized carbons (Fsp3) is 0.333. The molecule has 7 nitrogen and oxygen atoms in total. The molecule has 0 bridgehead atoms. The number of hydrogen-bond acceptors (Lipinski definition) is 6. The van der Waals surface area contributed by atoms with Gasteiger partial charge >= 0.3 is 0 Å². The average molecular weight is 255 g/mol. The number of hydrazine groups is 1. The van der Waals surface area contributed by atoms with Crippen molar-refractivity contribution in [2.75, 3.05) is 11.5 Å². The third kappa shape index (κ3) is 5.16. The fourth-order valence-electron chi connectivity index (χ4n) is 0.953. The second-order valence-electron chi connectivity index (χ2n) is 3.23. The van der Waals surface area contributed by atoms with Crippen molar-refractivity contribution in [3.8, 4) is 0 Å². The highest BCUT2D eigenvalue weighted by Crippen LogP contribution is 2.14. The highest BCUT2D eigenvalue weighted by molar-refractivity contribution is 7.99. The van der Waals surface area contributed by atoms with Crippen molar-refractivity contribution in [2.24, 2.45) is 0 Å². The minimum atomic E-state index is -0.339. The van der Waals surface area contributed by atoms with Crippen molar-refractivity contribution >= 4 is 29.4 Å². The summed E-state index contributed by atoms with van der Waals surface area (Å²) in [5, 5.41) is 0.431. The van der Waals surface area contributed by atoms with E-state index in [1.54, 1.807) is 13.0 Å². The molecule has 0 unspecified atom stereocenters. The van der Waals surface area contributed by atoms with E-state index in [1.807, 2.05) is 0 Å². The largest absolute Gasteiger partial charge is 0.384 e. The van der Waals surface area contributed by atoms with Crippen molar-refractivity contribution < 1.29 is 9.59 Å². The maximum absolute atomic E-state index is 11.3. The van der Waals surface area contributed by atoms with E-state index in [-0.39, 0.29) is 17.6 Å². The molecule has 0 aliphatic carbocycles. The fourth-order valence-corrected chi connectivity index (χ4v) is 1.66. The Hall–Kier alpha value is -1.83. The highest BCUT2D eigenvalue weighted by atomic mass is 32.2. The zero-order chi connectivity index (χ0) is 12.8. The average Bonchev–Trinajstić information content (AvgIpc) is 2.22. The lowest BCUT2D eigenvalue weighted by Crippen LogP contribution is -2.41. The van der Waals surface area contributed by atoms with Gasteiger partial charge in [-0.25, -0.2) is 9.97 Å². The minimum absolute atomic E-state index is 0.100. The van der Waals surface area contributed by atoms with Crippen LogP contribution in [0.25, 0.3) is 0 Å². The predicted octanol–water partition coefficient (Wildman–Crippen LogP) is -0.373. The Morgan fingerprint density at radius 2 is 2.12 bits per heavy atom. The molecular weight excluding hydrogens is 242 g/mol. The number of carbonyl (C=O) groups is 2. The Morgan fingerprint density at radius 1 is 1.41 bits per heavy atom. The monoisotopic (exact) mass is 255 g/mol. The minimum Gasteiger partial charge on any atom is -0.384 e. The summed E-state index contributed by atoms with van der Waals surface area (Å²) in [6, 6.07) is 1.64. The van der Waals surface area contributed by atoms with E-state index >= 15 is 0 Å². The molecule has 0 radical (unpaired) electrons. The van der Waals surface area contributed by atoms with E-state index in [4.69, 9.17) is 5.73 Å². The molecule has 0 saturated heterocycles. The smallest absolute Gasteiger partial charge is 0.248 e. The first-order chi connectivity index (χ1) is 7.97. The van der Waals surface area contributed by atoms with Gasteiger partial charge in [-0.2, -0.15) is 0 Å². The van der Waals surface area contributed by atoms with Gasteiger partial charge in [-0.1, -0.05) is 11.8 Å². The molecule has 17 heavy (non-hydrogen) atoms. The first-order valence-corrected chi connectivity index (χ1v) is 5.75. The van der Waals surface area contributed by atoms with E-state index in [1.165, 1.54) is 6.92 Å². The summed E-state index contributed by atoms with van der Waals surface area (Å²) in [6.07, 6.45) is 0. The van der Waals surface area contributed by atoms with E-state index in [0.717, 1.165) is 17.5 Å². The van der Waals surface area contributed by atoms with Crippen LogP contribution in [0.15, 0.2) is 11.2 Å². The SMILES string of the molecule is CC(=O)NNC(=O)CSc1nc(C)cc(N)n1. The van der Waals surface area contributed by atoms with Crippen LogP contribution >= 0.6 is 11.8 Å². The molecular formula is C9H13N5O2S. The van der Waals surface area contributed by atoms with E-state index in [9.17, 15) is 9.59 Å². The number of hydrogen-bond donors (Lipinski definition) is 3. The van der Waals surface area contributed by atoms with Gasteiger partial charge in [0.15, 0.2) is 5.16 Å². The third-order valence-corrected chi connectivity index (χ3v) is 2.41. The van der Waals surface area contributed by atoms with Gasteiger partial charge in [0, 0.05) is 18.7 Å². The van der Waals surface area contributed by atoms with Crippen LogP contribution in [0.4, 0.5) is 5.82 Å². The highest BCUT2D eigenvalue weighted by Gasteiger charge is 2.06. The van der Waals surface area contributed by atoms with Crippen LogP contribution in [0.5, 0.6) is 0 Å². The predicted molar refractivity (Wildman–Crippen MR) is 63.9 cm³/mol. The topological polar surface area (TPSA) is 110 Å². The van der Waals surface area contributed by atoms with E-state index in [2.05, 4.69) is 20.8 Å². The van der Waals surface area contributed by atoms with Gasteiger partial charge < -0.3 is 5.73 Å². The first kappa shape index (κ1) is 13.2. The molecule has 1 rings (SSSR count).